The lowest BCUT2D eigenvalue weighted by Gasteiger charge is -2.34. The van der Waals surface area contributed by atoms with Gasteiger partial charge in [0.1, 0.15) is 0 Å². The zero-order valence-corrected chi connectivity index (χ0v) is 21.0. The highest BCUT2D eigenvalue weighted by Crippen LogP contribution is 2.40. The number of halogens is 3. The molecule has 10 heteroatoms. The Balaban J connectivity index is 1.73. The fourth-order valence-electron chi connectivity index (χ4n) is 3.67. The molecule has 0 radical (unpaired) electrons. The van der Waals surface area contributed by atoms with Gasteiger partial charge in [0.05, 0.1) is 15.4 Å². The third-order valence-electron chi connectivity index (χ3n) is 5.48. The third-order valence-corrected chi connectivity index (χ3v) is 8.53. The van der Waals surface area contributed by atoms with E-state index in [0.29, 0.717) is 31.7 Å². The Labute approximate surface area is 203 Å². The molecule has 1 aliphatic rings. The van der Waals surface area contributed by atoms with E-state index < -0.39 is 21.6 Å². The minimum Gasteiger partial charge on any atom is -0.333 e. The van der Waals surface area contributed by atoms with Crippen molar-refractivity contribution in [2.45, 2.75) is 60.0 Å². The Morgan fingerprint density at radius 3 is 2.21 bits per heavy atom. The molecule has 186 valence electrons. The molecule has 3 rings (SSSR count). The number of urea groups is 1. The van der Waals surface area contributed by atoms with Crippen LogP contribution in [0.4, 0.5) is 18.0 Å². The van der Waals surface area contributed by atoms with Crippen molar-refractivity contribution in [2.75, 3.05) is 18.8 Å². The van der Waals surface area contributed by atoms with E-state index in [1.165, 1.54) is 12.1 Å². The first kappa shape index (κ1) is 26.4. The Kier molecular flexibility index (Phi) is 7.92. The molecule has 0 spiro atoms. The number of amides is 2. The van der Waals surface area contributed by atoms with Gasteiger partial charge in [-0.2, -0.15) is 13.2 Å². The summed E-state index contributed by atoms with van der Waals surface area (Å²) in [5.41, 5.74) is -1.19. The lowest BCUT2D eigenvalue weighted by molar-refractivity contribution is -0.139. The van der Waals surface area contributed by atoms with E-state index in [-0.39, 0.29) is 32.2 Å². The van der Waals surface area contributed by atoms with Crippen molar-refractivity contribution in [3.8, 4) is 0 Å². The SMILES string of the molecule is CC(C)(C)NC(=O)N1CCC(CSc2cc(S(=O)(=O)c3ccccc3)ccc2C(F)(F)F)CC1. The summed E-state index contributed by atoms with van der Waals surface area (Å²) < 4.78 is 66.7. The molecule has 2 amide bonds. The van der Waals surface area contributed by atoms with Gasteiger partial charge in [-0.3, -0.25) is 0 Å². The first-order valence-electron chi connectivity index (χ1n) is 11.0. The van der Waals surface area contributed by atoms with Crippen molar-refractivity contribution in [3.05, 3.63) is 54.1 Å². The zero-order valence-electron chi connectivity index (χ0n) is 19.4. The average Bonchev–Trinajstić information content (AvgIpc) is 2.76. The standard InChI is InChI=1S/C24H29F3N2O3S2/c1-23(2,3)28-22(30)29-13-11-17(12-14-29)16-33-21-15-19(9-10-20(21)24(25,26)27)34(31,32)18-7-5-4-6-8-18/h4-10,15,17H,11-14,16H2,1-3H3,(H,28,30). The second kappa shape index (κ2) is 10.2. The Hall–Kier alpha value is -2.20. The van der Waals surface area contributed by atoms with Crippen molar-refractivity contribution >= 4 is 27.6 Å². The summed E-state index contributed by atoms with van der Waals surface area (Å²) in [4.78, 5) is 13.8. The van der Waals surface area contributed by atoms with Crippen LogP contribution in [-0.2, 0) is 16.0 Å². The predicted molar refractivity (Wildman–Crippen MR) is 127 cm³/mol. The molecular weight excluding hydrogens is 485 g/mol. The summed E-state index contributed by atoms with van der Waals surface area (Å²) in [6.45, 7) is 6.76. The normalized spacial score (nSPS) is 15.9. The van der Waals surface area contributed by atoms with Crippen LogP contribution >= 0.6 is 11.8 Å². The quantitative estimate of drug-likeness (QED) is 0.509. The van der Waals surface area contributed by atoms with Crippen molar-refractivity contribution in [1.82, 2.24) is 10.2 Å². The maximum atomic E-state index is 13.6. The number of thioether (sulfide) groups is 1. The molecular formula is C24H29F3N2O3S2. The molecule has 1 fully saturated rings. The van der Waals surface area contributed by atoms with Gasteiger partial charge in [0, 0.05) is 29.3 Å². The summed E-state index contributed by atoms with van der Waals surface area (Å²) in [5, 5.41) is 2.92. The number of hydrogen-bond acceptors (Lipinski definition) is 4. The maximum Gasteiger partial charge on any atom is 0.417 e. The molecule has 0 aromatic heterocycles. The van der Waals surface area contributed by atoms with E-state index in [9.17, 15) is 26.4 Å². The molecule has 5 nitrogen and oxygen atoms in total. The van der Waals surface area contributed by atoms with Crippen molar-refractivity contribution < 1.29 is 26.4 Å². The molecule has 0 saturated carbocycles. The number of benzene rings is 2. The van der Waals surface area contributed by atoms with Gasteiger partial charge in [0.15, 0.2) is 0 Å². The Bertz CT molecular complexity index is 1110. The van der Waals surface area contributed by atoms with E-state index in [1.54, 1.807) is 23.1 Å². The molecule has 1 aliphatic heterocycles. The van der Waals surface area contributed by atoms with E-state index >= 15 is 0 Å². The molecule has 1 N–H and O–H groups in total. The van der Waals surface area contributed by atoms with Crippen LogP contribution in [0, 0.1) is 5.92 Å². The number of likely N-dealkylation sites (tertiary alicyclic amines) is 1. The molecule has 34 heavy (non-hydrogen) atoms. The van der Waals surface area contributed by atoms with Gasteiger partial charge in [0.2, 0.25) is 9.84 Å². The molecule has 0 bridgehead atoms. The van der Waals surface area contributed by atoms with Crippen LogP contribution in [0.25, 0.3) is 0 Å². The lowest BCUT2D eigenvalue weighted by Crippen LogP contribution is -2.50. The number of carbonyl (C=O) groups excluding carboxylic acids is 1. The van der Waals surface area contributed by atoms with Gasteiger partial charge in [0.25, 0.3) is 0 Å². The number of rotatable bonds is 5. The zero-order chi connectivity index (χ0) is 25.1. The molecule has 2 aromatic carbocycles. The predicted octanol–water partition coefficient (Wildman–Crippen LogP) is 5.85. The van der Waals surface area contributed by atoms with Crippen LogP contribution in [0.2, 0.25) is 0 Å². The van der Waals surface area contributed by atoms with E-state index in [1.807, 2.05) is 20.8 Å². The minimum absolute atomic E-state index is 0.0339. The first-order chi connectivity index (χ1) is 15.8. The topological polar surface area (TPSA) is 66.5 Å². The van der Waals surface area contributed by atoms with Gasteiger partial charge in [-0.15, -0.1) is 11.8 Å². The average molecular weight is 515 g/mol. The van der Waals surface area contributed by atoms with Crippen LogP contribution in [0.1, 0.15) is 39.2 Å². The Morgan fingerprint density at radius 1 is 1.03 bits per heavy atom. The monoisotopic (exact) mass is 514 g/mol. The van der Waals surface area contributed by atoms with Crippen molar-refractivity contribution in [2.24, 2.45) is 5.92 Å². The second-order valence-corrected chi connectivity index (χ2v) is 12.4. The molecule has 1 heterocycles. The maximum absolute atomic E-state index is 13.6. The number of sulfone groups is 1. The van der Waals surface area contributed by atoms with E-state index in [2.05, 4.69) is 5.32 Å². The fourth-order valence-corrected chi connectivity index (χ4v) is 6.35. The largest absolute Gasteiger partial charge is 0.417 e. The van der Waals surface area contributed by atoms with Crippen LogP contribution < -0.4 is 5.32 Å². The summed E-state index contributed by atoms with van der Waals surface area (Å²) in [6.07, 6.45) is -3.24. The smallest absolute Gasteiger partial charge is 0.333 e. The molecule has 0 aliphatic carbocycles. The van der Waals surface area contributed by atoms with Crippen molar-refractivity contribution in [3.63, 3.8) is 0 Å². The summed E-state index contributed by atoms with van der Waals surface area (Å²) >= 11 is 1.02. The summed E-state index contributed by atoms with van der Waals surface area (Å²) in [5.74, 6) is 0.534. The minimum atomic E-state index is -4.59. The highest BCUT2D eigenvalue weighted by atomic mass is 32.2. The van der Waals surface area contributed by atoms with Crippen LogP contribution in [-0.4, -0.2) is 43.7 Å². The van der Waals surface area contributed by atoms with Crippen LogP contribution in [0.15, 0.2) is 63.2 Å². The van der Waals surface area contributed by atoms with E-state index in [4.69, 9.17) is 0 Å². The number of nitrogens with one attached hydrogen (secondary N) is 1. The van der Waals surface area contributed by atoms with E-state index in [0.717, 1.165) is 30.0 Å². The number of hydrogen-bond donors (Lipinski definition) is 1. The summed E-state index contributed by atoms with van der Waals surface area (Å²) in [6, 6.07) is 10.5. The lowest BCUT2D eigenvalue weighted by atomic mass is 9.99. The molecule has 0 atom stereocenters. The highest BCUT2D eigenvalue weighted by Gasteiger charge is 2.35. The van der Waals surface area contributed by atoms with Gasteiger partial charge in [-0.05, 0) is 69.9 Å². The number of carbonyl (C=O) groups is 1. The molecule has 0 unspecified atom stereocenters. The number of piperidine rings is 1. The Morgan fingerprint density at radius 2 is 1.65 bits per heavy atom. The highest BCUT2D eigenvalue weighted by molar-refractivity contribution is 7.99. The second-order valence-electron chi connectivity index (χ2n) is 9.39. The molecule has 2 aromatic rings. The molecule has 1 saturated heterocycles. The first-order valence-corrected chi connectivity index (χ1v) is 13.5. The van der Waals surface area contributed by atoms with Crippen LogP contribution in [0.3, 0.4) is 0 Å². The van der Waals surface area contributed by atoms with Gasteiger partial charge < -0.3 is 10.2 Å². The van der Waals surface area contributed by atoms with Gasteiger partial charge in [-0.1, -0.05) is 18.2 Å². The third kappa shape index (κ3) is 6.69. The van der Waals surface area contributed by atoms with Crippen molar-refractivity contribution in [1.29, 1.82) is 0 Å². The number of nitrogens with zero attached hydrogens (tertiary/aromatic N) is 1. The van der Waals surface area contributed by atoms with Crippen LogP contribution in [0.5, 0.6) is 0 Å². The summed E-state index contributed by atoms with van der Waals surface area (Å²) in [7, 11) is -3.93. The van der Waals surface area contributed by atoms with Gasteiger partial charge in [-0.25, -0.2) is 13.2 Å². The fraction of sp³-hybridized carbons (Fsp3) is 0.458. The number of alkyl halides is 3. The van der Waals surface area contributed by atoms with Gasteiger partial charge >= 0.3 is 12.2 Å².